The number of quaternary nitrogens is 1. The van der Waals surface area contributed by atoms with Crippen LogP contribution in [-0.4, -0.2) is 70.0 Å². The van der Waals surface area contributed by atoms with E-state index in [4.69, 9.17) is 18.5 Å². The fourth-order valence-corrected chi connectivity index (χ4v) is 5.16. The average molecular weight is 710 g/mol. The molecule has 0 fully saturated rings. The third kappa shape index (κ3) is 35.3. The topological polar surface area (TPSA) is 111 Å². The zero-order chi connectivity index (χ0) is 36.5. The Morgan fingerprint density at radius 1 is 0.653 bits per heavy atom. The molecule has 282 valence electrons. The lowest BCUT2D eigenvalue weighted by Crippen LogP contribution is -2.37. The van der Waals surface area contributed by atoms with Gasteiger partial charge in [0.15, 0.2) is 6.10 Å². The first-order chi connectivity index (χ1) is 23.5. The summed E-state index contributed by atoms with van der Waals surface area (Å²) in [5.74, 6) is -0.990. The fourth-order valence-electron chi connectivity index (χ4n) is 4.43. The molecule has 0 aliphatic carbocycles. The minimum absolute atomic E-state index is 0.00833. The second-order valence-electron chi connectivity index (χ2n) is 13.2. The first kappa shape index (κ1) is 46.7. The molecule has 0 bridgehead atoms. The van der Waals surface area contributed by atoms with Gasteiger partial charge in [-0.2, -0.15) is 0 Å². The van der Waals surface area contributed by atoms with Crippen LogP contribution in [0, 0.1) is 0 Å². The number of hydrogen-bond acceptors (Lipinski definition) is 8. The molecule has 2 unspecified atom stereocenters. The molecule has 0 saturated carbocycles. The third-order valence-electron chi connectivity index (χ3n) is 7.34. The van der Waals surface area contributed by atoms with Gasteiger partial charge in [-0.05, 0) is 38.5 Å². The molecule has 0 heterocycles. The quantitative estimate of drug-likeness (QED) is 0.0224. The molecule has 0 aromatic rings. The maximum absolute atomic E-state index is 12.5. The van der Waals surface area contributed by atoms with E-state index < -0.39 is 32.5 Å². The van der Waals surface area contributed by atoms with E-state index in [9.17, 15) is 19.0 Å². The monoisotopic (exact) mass is 709 g/mol. The van der Waals surface area contributed by atoms with Gasteiger partial charge >= 0.3 is 11.9 Å². The van der Waals surface area contributed by atoms with Gasteiger partial charge in [0.2, 0.25) is 0 Å². The smallest absolute Gasteiger partial charge is 0.310 e. The van der Waals surface area contributed by atoms with E-state index in [1.807, 2.05) is 33.3 Å². The molecule has 0 N–H and O–H groups in total. The van der Waals surface area contributed by atoms with Crippen LogP contribution in [0.1, 0.15) is 123 Å². The summed E-state index contributed by atoms with van der Waals surface area (Å²) < 4.78 is 33.5. The summed E-state index contributed by atoms with van der Waals surface area (Å²) >= 11 is 0. The molecule has 0 aliphatic rings. The number of nitrogens with zero attached hydrogens (tertiary/aromatic N) is 1. The summed E-state index contributed by atoms with van der Waals surface area (Å²) in [7, 11) is 1.10. The Morgan fingerprint density at radius 3 is 1.65 bits per heavy atom. The van der Waals surface area contributed by atoms with Gasteiger partial charge in [0.05, 0.1) is 34.2 Å². The van der Waals surface area contributed by atoms with E-state index >= 15 is 0 Å². The summed E-state index contributed by atoms with van der Waals surface area (Å²) in [5, 5.41) is 0. The van der Waals surface area contributed by atoms with E-state index in [0.29, 0.717) is 17.4 Å². The summed E-state index contributed by atoms with van der Waals surface area (Å²) in [6.45, 7) is 3.95. The highest BCUT2D eigenvalue weighted by Gasteiger charge is 2.21. The Bertz CT molecular complexity index is 1030. The molecule has 0 aliphatic heterocycles. The normalized spacial score (nSPS) is 14.5. The van der Waals surface area contributed by atoms with Crippen LogP contribution < -0.4 is 4.89 Å². The van der Waals surface area contributed by atoms with Crippen molar-refractivity contribution in [2.75, 3.05) is 47.5 Å². The largest absolute Gasteiger partial charge is 0.756 e. The van der Waals surface area contributed by atoms with Crippen molar-refractivity contribution in [3.8, 4) is 0 Å². The summed E-state index contributed by atoms with van der Waals surface area (Å²) in [4.78, 5) is 37.2. The number of ether oxygens (including phenoxy) is 2. The van der Waals surface area contributed by atoms with E-state index in [2.05, 4.69) is 56.4 Å². The van der Waals surface area contributed by atoms with Gasteiger partial charge in [-0.15, -0.1) is 0 Å². The number of carbonyl (C=O) groups is 2. The van der Waals surface area contributed by atoms with Gasteiger partial charge in [0.25, 0.3) is 7.82 Å². The first-order valence-corrected chi connectivity index (χ1v) is 20.0. The number of hydrogen-bond donors (Lipinski definition) is 0. The zero-order valence-electron chi connectivity index (χ0n) is 31.4. The second kappa shape index (κ2) is 31.7. The molecule has 0 rings (SSSR count). The molecule has 0 spiro atoms. The van der Waals surface area contributed by atoms with Crippen molar-refractivity contribution in [3.05, 3.63) is 60.8 Å². The van der Waals surface area contributed by atoms with Gasteiger partial charge in [0, 0.05) is 6.42 Å². The van der Waals surface area contributed by atoms with Crippen molar-refractivity contribution in [2.45, 2.75) is 129 Å². The predicted molar refractivity (Wildman–Crippen MR) is 199 cm³/mol. The third-order valence-corrected chi connectivity index (χ3v) is 8.30. The molecule has 10 heteroatoms. The lowest BCUT2D eigenvalue weighted by molar-refractivity contribution is -0.870. The molecule has 0 amide bonds. The molecular weight excluding hydrogens is 641 g/mol. The minimum Gasteiger partial charge on any atom is -0.756 e. The minimum atomic E-state index is -4.64. The highest BCUT2D eigenvalue weighted by Crippen LogP contribution is 2.38. The van der Waals surface area contributed by atoms with Crippen molar-refractivity contribution in [1.29, 1.82) is 0 Å². The van der Waals surface area contributed by atoms with Crippen LogP contribution in [0.5, 0.6) is 0 Å². The first-order valence-electron chi connectivity index (χ1n) is 18.5. The number of phosphoric ester groups is 1. The van der Waals surface area contributed by atoms with E-state index in [1.165, 1.54) is 44.9 Å². The number of phosphoric acid groups is 1. The van der Waals surface area contributed by atoms with Crippen molar-refractivity contribution < 1.29 is 42.1 Å². The number of esters is 2. The van der Waals surface area contributed by atoms with Crippen molar-refractivity contribution >= 4 is 19.8 Å². The van der Waals surface area contributed by atoms with Crippen LogP contribution in [0.4, 0.5) is 0 Å². The molecule has 0 saturated heterocycles. The maximum atomic E-state index is 12.5. The number of allylic oxidation sites excluding steroid dienone is 9. The highest BCUT2D eigenvalue weighted by atomic mass is 31.2. The van der Waals surface area contributed by atoms with Crippen molar-refractivity contribution in [2.24, 2.45) is 0 Å². The Balaban J connectivity index is 4.63. The molecule has 0 aromatic carbocycles. The van der Waals surface area contributed by atoms with Gasteiger partial charge < -0.3 is 27.9 Å². The Kier molecular flexibility index (Phi) is 30.2. The van der Waals surface area contributed by atoms with E-state index in [0.717, 1.165) is 44.9 Å². The molecule has 49 heavy (non-hydrogen) atoms. The van der Waals surface area contributed by atoms with Gasteiger partial charge in [-0.3, -0.25) is 14.2 Å². The lowest BCUT2D eigenvalue weighted by atomic mass is 10.1. The lowest BCUT2D eigenvalue weighted by Gasteiger charge is -2.28. The molecule has 0 radical (unpaired) electrons. The Morgan fingerprint density at radius 2 is 1.14 bits per heavy atom. The number of unbranched alkanes of at least 4 members (excludes halogenated alkanes) is 9. The molecular formula is C39H68NO8P. The Labute approximate surface area is 298 Å². The van der Waals surface area contributed by atoms with Crippen LogP contribution in [0.2, 0.25) is 0 Å². The maximum Gasteiger partial charge on any atom is 0.310 e. The summed E-state index contributed by atoms with van der Waals surface area (Å²) in [5.41, 5.74) is 0. The SMILES string of the molecule is CC/C=C\C/C=C\C/C=C\C/C=C\C/C=C\CC(=O)OC(COC(=O)CCCCCCCCCCCC)COP(=O)([O-])OCC[N+](C)(C)C. The van der Waals surface area contributed by atoms with Crippen LogP contribution in [0.3, 0.4) is 0 Å². The van der Waals surface area contributed by atoms with E-state index in [-0.39, 0.29) is 26.1 Å². The molecule has 0 aromatic heterocycles. The standard InChI is InChI=1S/C39H68NO8P/c1-6-8-10-12-14-16-18-19-20-21-22-24-26-28-30-32-39(42)48-37(36-47-49(43,44)46-34-33-40(3,4)5)35-45-38(41)31-29-27-25-23-17-15-13-11-9-7-2/h8,10,14,16,19-20,22,24,28,30,37H,6-7,9,11-13,15,17-18,21,23,25-27,29,31-36H2,1-5H3/b10-8-,16-14-,20-19-,24-22-,30-28-. The fraction of sp³-hybridized carbons (Fsp3) is 0.692. The highest BCUT2D eigenvalue weighted by molar-refractivity contribution is 7.45. The van der Waals surface area contributed by atoms with Crippen molar-refractivity contribution in [3.63, 3.8) is 0 Å². The Hall–Kier alpha value is -2.29. The second-order valence-corrected chi connectivity index (χ2v) is 14.6. The van der Waals surface area contributed by atoms with Crippen LogP contribution >= 0.6 is 7.82 Å². The van der Waals surface area contributed by atoms with Crippen LogP contribution in [-0.2, 0) is 32.7 Å². The van der Waals surface area contributed by atoms with Crippen molar-refractivity contribution in [1.82, 2.24) is 0 Å². The average Bonchev–Trinajstić information content (AvgIpc) is 3.04. The number of likely N-dealkylation sites (N-methyl/N-ethyl adjacent to an activating group) is 1. The predicted octanol–water partition coefficient (Wildman–Crippen LogP) is 9.10. The molecule has 2 atom stereocenters. The number of carbonyl (C=O) groups excluding carboxylic acids is 2. The summed E-state index contributed by atoms with van der Waals surface area (Å²) in [6.07, 6.45) is 35.7. The zero-order valence-corrected chi connectivity index (χ0v) is 32.3. The number of rotatable bonds is 32. The molecule has 9 nitrogen and oxygen atoms in total. The van der Waals surface area contributed by atoms with Gasteiger partial charge in [0.1, 0.15) is 19.8 Å². The van der Waals surface area contributed by atoms with Gasteiger partial charge in [-0.25, -0.2) is 0 Å². The summed E-state index contributed by atoms with van der Waals surface area (Å²) in [6, 6.07) is 0. The van der Waals surface area contributed by atoms with Crippen LogP contribution in [0.15, 0.2) is 60.8 Å². The van der Waals surface area contributed by atoms with Crippen LogP contribution in [0.25, 0.3) is 0 Å². The van der Waals surface area contributed by atoms with Gasteiger partial charge in [-0.1, -0.05) is 132 Å². The van der Waals surface area contributed by atoms with E-state index in [1.54, 1.807) is 6.08 Å².